The average molecular weight is 389 g/mol. The number of phenols is 1. The highest BCUT2D eigenvalue weighted by atomic mass is 16.3. The Balaban J connectivity index is 1.59. The van der Waals surface area contributed by atoms with Crippen LogP contribution < -0.4 is 0 Å². The smallest absolute Gasteiger partial charge is 0.143 e. The molecule has 5 heteroatoms. The number of Topliss-reactive ketones (excluding diaryl/α,β-unsaturated/α-hetero) is 2. The molecule has 0 radical (unpaired) electrons. The van der Waals surface area contributed by atoms with Gasteiger partial charge in [0.05, 0.1) is 12.0 Å². The number of carbonyl (C=O) groups excluding carboxylic acids is 2. The molecule has 2 fully saturated rings. The van der Waals surface area contributed by atoms with Crippen LogP contribution in [0.2, 0.25) is 0 Å². The first-order valence-electron chi connectivity index (χ1n) is 10.6. The standard InChI is InChI=1S/C23H32O5/c24-12-9-20(26)14-22(27)18-8-11-23(28,15-18)10-7-17-5-6-19(25)13-21(17)16-3-1-2-4-16/h5-6,13,16,18,24-25,28H,1-4,7-12,14-15H2. The number of carbonyl (C=O) groups is 2. The van der Waals surface area contributed by atoms with Gasteiger partial charge in [0.25, 0.3) is 0 Å². The number of ketones is 2. The van der Waals surface area contributed by atoms with Gasteiger partial charge in [-0.05, 0) is 74.1 Å². The SMILES string of the molecule is O=C(CCO)CC(=O)C1CCC(O)(CCc2ccc(O)cc2C2CCCC2)C1. The molecule has 2 saturated carbocycles. The Morgan fingerprint density at radius 3 is 2.61 bits per heavy atom. The van der Waals surface area contributed by atoms with Gasteiger partial charge in [-0.3, -0.25) is 9.59 Å². The van der Waals surface area contributed by atoms with Crippen molar-refractivity contribution in [1.82, 2.24) is 0 Å². The van der Waals surface area contributed by atoms with Gasteiger partial charge in [0.2, 0.25) is 0 Å². The molecule has 28 heavy (non-hydrogen) atoms. The lowest BCUT2D eigenvalue weighted by Crippen LogP contribution is -2.27. The summed E-state index contributed by atoms with van der Waals surface area (Å²) in [5.41, 5.74) is 1.53. The zero-order chi connectivity index (χ0) is 20.1. The number of hydrogen-bond donors (Lipinski definition) is 3. The third kappa shape index (κ3) is 5.21. The van der Waals surface area contributed by atoms with Crippen molar-refractivity contribution >= 4 is 11.6 Å². The molecule has 0 aliphatic heterocycles. The molecule has 2 aliphatic carbocycles. The largest absolute Gasteiger partial charge is 0.508 e. The van der Waals surface area contributed by atoms with Crippen molar-refractivity contribution in [2.75, 3.05) is 6.61 Å². The molecule has 0 saturated heterocycles. The molecule has 2 atom stereocenters. The summed E-state index contributed by atoms with van der Waals surface area (Å²) in [7, 11) is 0. The molecule has 5 nitrogen and oxygen atoms in total. The summed E-state index contributed by atoms with van der Waals surface area (Å²) in [5.74, 6) is 0.191. The van der Waals surface area contributed by atoms with Crippen LogP contribution in [0.5, 0.6) is 5.75 Å². The monoisotopic (exact) mass is 388 g/mol. The third-order valence-electron chi connectivity index (χ3n) is 6.59. The minimum Gasteiger partial charge on any atom is -0.508 e. The lowest BCUT2D eigenvalue weighted by Gasteiger charge is -2.24. The molecule has 1 aromatic rings. The Bertz CT molecular complexity index is 707. The second kappa shape index (κ2) is 9.19. The van der Waals surface area contributed by atoms with Crippen LogP contribution >= 0.6 is 0 Å². The van der Waals surface area contributed by atoms with E-state index < -0.39 is 5.60 Å². The molecule has 0 amide bonds. The van der Waals surface area contributed by atoms with E-state index in [2.05, 4.69) is 0 Å². The van der Waals surface area contributed by atoms with Crippen molar-refractivity contribution in [2.24, 2.45) is 5.92 Å². The Morgan fingerprint density at radius 2 is 1.89 bits per heavy atom. The van der Waals surface area contributed by atoms with E-state index in [1.54, 1.807) is 6.07 Å². The zero-order valence-electron chi connectivity index (χ0n) is 16.5. The van der Waals surface area contributed by atoms with E-state index in [0.29, 0.717) is 37.4 Å². The molecule has 2 aliphatic rings. The van der Waals surface area contributed by atoms with Gasteiger partial charge in [0.15, 0.2) is 0 Å². The summed E-state index contributed by atoms with van der Waals surface area (Å²) in [6.45, 7) is -0.226. The van der Waals surface area contributed by atoms with E-state index >= 15 is 0 Å². The van der Waals surface area contributed by atoms with Crippen molar-refractivity contribution in [3.8, 4) is 5.75 Å². The van der Waals surface area contributed by atoms with Crippen LogP contribution in [-0.4, -0.2) is 39.1 Å². The Morgan fingerprint density at radius 1 is 1.14 bits per heavy atom. The normalized spacial score (nSPS) is 25.3. The number of aliphatic hydroxyl groups excluding tert-OH is 1. The molecule has 0 bridgehead atoms. The van der Waals surface area contributed by atoms with Crippen LogP contribution in [-0.2, 0) is 16.0 Å². The Kier molecular flexibility index (Phi) is 6.89. The summed E-state index contributed by atoms with van der Waals surface area (Å²) >= 11 is 0. The lowest BCUT2D eigenvalue weighted by molar-refractivity contribution is -0.129. The number of aromatic hydroxyl groups is 1. The summed E-state index contributed by atoms with van der Waals surface area (Å²) in [6, 6.07) is 5.56. The van der Waals surface area contributed by atoms with E-state index in [9.17, 15) is 19.8 Å². The Hall–Kier alpha value is -1.72. The number of aryl methyl sites for hydroxylation is 1. The highest BCUT2D eigenvalue weighted by molar-refractivity contribution is 6.00. The molecular formula is C23H32O5. The molecule has 1 aromatic carbocycles. The lowest BCUT2D eigenvalue weighted by atomic mass is 9.86. The van der Waals surface area contributed by atoms with E-state index in [-0.39, 0.29) is 36.9 Å². The van der Waals surface area contributed by atoms with E-state index in [1.807, 2.05) is 12.1 Å². The minimum atomic E-state index is -0.870. The van der Waals surface area contributed by atoms with Gasteiger partial charge in [-0.25, -0.2) is 0 Å². The van der Waals surface area contributed by atoms with Crippen molar-refractivity contribution in [3.63, 3.8) is 0 Å². The average Bonchev–Trinajstić information content (AvgIpc) is 3.31. The quantitative estimate of drug-likeness (QED) is 0.564. The fourth-order valence-corrected chi connectivity index (χ4v) is 4.95. The molecule has 0 heterocycles. The fraction of sp³-hybridized carbons (Fsp3) is 0.652. The summed E-state index contributed by atoms with van der Waals surface area (Å²) in [6.07, 6.45) is 7.57. The summed E-state index contributed by atoms with van der Waals surface area (Å²) in [4.78, 5) is 23.9. The van der Waals surface area contributed by atoms with Crippen molar-refractivity contribution in [1.29, 1.82) is 0 Å². The third-order valence-corrected chi connectivity index (χ3v) is 6.59. The maximum absolute atomic E-state index is 12.3. The molecule has 3 rings (SSSR count). The topological polar surface area (TPSA) is 94.8 Å². The van der Waals surface area contributed by atoms with Gasteiger partial charge < -0.3 is 15.3 Å². The van der Waals surface area contributed by atoms with Crippen LogP contribution in [0.1, 0.15) is 81.3 Å². The van der Waals surface area contributed by atoms with Gasteiger partial charge in [-0.15, -0.1) is 0 Å². The number of rotatable bonds is 9. The van der Waals surface area contributed by atoms with Gasteiger partial charge >= 0.3 is 0 Å². The first kappa shape index (κ1) is 21.0. The molecule has 0 spiro atoms. The van der Waals surface area contributed by atoms with Gasteiger partial charge in [0.1, 0.15) is 17.3 Å². The Labute approximate surface area is 166 Å². The van der Waals surface area contributed by atoms with Crippen LogP contribution in [0.15, 0.2) is 18.2 Å². The molecule has 3 N–H and O–H groups in total. The number of benzene rings is 1. The van der Waals surface area contributed by atoms with Crippen molar-refractivity contribution in [2.45, 2.75) is 82.1 Å². The van der Waals surface area contributed by atoms with Crippen LogP contribution in [0.4, 0.5) is 0 Å². The first-order valence-corrected chi connectivity index (χ1v) is 10.6. The van der Waals surface area contributed by atoms with Crippen LogP contribution in [0, 0.1) is 5.92 Å². The van der Waals surface area contributed by atoms with E-state index in [1.165, 1.54) is 24.0 Å². The molecule has 154 valence electrons. The zero-order valence-corrected chi connectivity index (χ0v) is 16.5. The van der Waals surface area contributed by atoms with Gasteiger partial charge in [-0.1, -0.05) is 18.9 Å². The van der Waals surface area contributed by atoms with E-state index in [0.717, 1.165) is 19.3 Å². The highest BCUT2D eigenvalue weighted by Gasteiger charge is 2.40. The maximum Gasteiger partial charge on any atom is 0.143 e. The minimum absolute atomic E-state index is 0.0214. The van der Waals surface area contributed by atoms with Gasteiger partial charge in [0, 0.05) is 18.9 Å². The summed E-state index contributed by atoms with van der Waals surface area (Å²) in [5, 5.41) is 29.7. The first-order chi connectivity index (χ1) is 13.4. The number of aliphatic hydroxyl groups is 2. The predicted octanol–water partition coefficient (Wildman–Crippen LogP) is 3.42. The maximum atomic E-state index is 12.3. The van der Waals surface area contributed by atoms with E-state index in [4.69, 9.17) is 5.11 Å². The molecular weight excluding hydrogens is 356 g/mol. The second-order valence-electron chi connectivity index (χ2n) is 8.68. The predicted molar refractivity (Wildman–Crippen MR) is 106 cm³/mol. The fourth-order valence-electron chi connectivity index (χ4n) is 4.95. The van der Waals surface area contributed by atoms with Crippen LogP contribution in [0.25, 0.3) is 0 Å². The van der Waals surface area contributed by atoms with Crippen molar-refractivity contribution in [3.05, 3.63) is 29.3 Å². The highest BCUT2D eigenvalue weighted by Crippen LogP contribution is 2.41. The molecule has 2 unspecified atom stereocenters. The second-order valence-corrected chi connectivity index (χ2v) is 8.68. The van der Waals surface area contributed by atoms with Crippen LogP contribution in [0.3, 0.4) is 0 Å². The van der Waals surface area contributed by atoms with Crippen molar-refractivity contribution < 1.29 is 24.9 Å². The molecule has 0 aromatic heterocycles. The van der Waals surface area contributed by atoms with Gasteiger partial charge in [-0.2, -0.15) is 0 Å². The number of hydrogen-bond acceptors (Lipinski definition) is 5. The number of phenolic OH excluding ortho intramolecular Hbond substituents is 1. The summed E-state index contributed by atoms with van der Waals surface area (Å²) < 4.78 is 0.